The van der Waals surface area contributed by atoms with Gasteiger partial charge in [0.15, 0.2) is 0 Å². The number of rotatable bonds is 7. The number of nitrogens with one attached hydrogen (secondary N) is 1. The molecule has 0 bridgehead atoms. The predicted molar refractivity (Wildman–Crippen MR) is 96.7 cm³/mol. The Morgan fingerprint density at radius 2 is 1.67 bits per heavy atom. The molecule has 0 saturated heterocycles. The van der Waals surface area contributed by atoms with E-state index in [1.807, 2.05) is 24.4 Å². The molecule has 0 spiro atoms. The van der Waals surface area contributed by atoms with Gasteiger partial charge in [0.05, 0.1) is 14.2 Å². The number of hydrogen-bond donors (Lipinski definition) is 1. The van der Waals surface area contributed by atoms with E-state index in [1.165, 1.54) is 11.1 Å². The van der Waals surface area contributed by atoms with Crippen molar-refractivity contribution in [2.24, 2.45) is 0 Å². The first-order valence-corrected chi connectivity index (χ1v) is 8.06. The third-order valence-electron chi connectivity index (χ3n) is 4.09. The van der Waals surface area contributed by atoms with Crippen LogP contribution >= 0.6 is 0 Å². The maximum absolute atomic E-state index is 5.53. The summed E-state index contributed by atoms with van der Waals surface area (Å²) in [5.41, 5.74) is 3.34. The Balaban J connectivity index is 1.76. The van der Waals surface area contributed by atoms with Crippen molar-refractivity contribution in [1.29, 1.82) is 0 Å². The van der Waals surface area contributed by atoms with Crippen LogP contribution in [-0.4, -0.2) is 25.7 Å². The maximum Gasteiger partial charge on any atom is 0.145 e. The SMILES string of the molecule is COc1ccc(OC)c2c(CCNCc3ccccc3)ccnc12. The maximum atomic E-state index is 5.53. The van der Waals surface area contributed by atoms with Gasteiger partial charge in [0.2, 0.25) is 0 Å². The first-order chi connectivity index (χ1) is 11.8. The van der Waals surface area contributed by atoms with Crippen molar-refractivity contribution < 1.29 is 9.47 Å². The lowest BCUT2D eigenvalue weighted by Gasteiger charge is -2.13. The zero-order chi connectivity index (χ0) is 16.8. The Hall–Kier alpha value is -2.59. The van der Waals surface area contributed by atoms with E-state index in [9.17, 15) is 0 Å². The van der Waals surface area contributed by atoms with Gasteiger partial charge in [-0.3, -0.25) is 4.98 Å². The van der Waals surface area contributed by atoms with Gasteiger partial charge in [-0.15, -0.1) is 0 Å². The minimum atomic E-state index is 0.768. The van der Waals surface area contributed by atoms with E-state index in [4.69, 9.17) is 9.47 Å². The lowest BCUT2D eigenvalue weighted by molar-refractivity contribution is 0.409. The minimum Gasteiger partial charge on any atom is -0.496 e. The van der Waals surface area contributed by atoms with Gasteiger partial charge in [0.25, 0.3) is 0 Å². The summed E-state index contributed by atoms with van der Waals surface area (Å²) in [5.74, 6) is 1.60. The number of nitrogens with zero attached hydrogens (tertiary/aromatic N) is 1. The van der Waals surface area contributed by atoms with E-state index < -0.39 is 0 Å². The Morgan fingerprint density at radius 1 is 0.917 bits per heavy atom. The molecule has 2 aromatic carbocycles. The van der Waals surface area contributed by atoms with Crippen LogP contribution in [0.5, 0.6) is 11.5 Å². The summed E-state index contributed by atoms with van der Waals surface area (Å²) in [5, 5.41) is 4.52. The topological polar surface area (TPSA) is 43.4 Å². The molecular weight excluding hydrogens is 300 g/mol. The number of aromatic nitrogens is 1. The molecule has 124 valence electrons. The second-order valence-electron chi connectivity index (χ2n) is 5.58. The normalized spacial score (nSPS) is 10.8. The average molecular weight is 322 g/mol. The summed E-state index contributed by atoms with van der Waals surface area (Å²) < 4.78 is 11.0. The fourth-order valence-electron chi connectivity index (χ4n) is 2.87. The van der Waals surface area contributed by atoms with E-state index in [2.05, 4.69) is 40.6 Å². The molecule has 0 aliphatic rings. The molecule has 0 aliphatic carbocycles. The van der Waals surface area contributed by atoms with E-state index in [-0.39, 0.29) is 0 Å². The second-order valence-corrected chi connectivity index (χ2v) is 5.58. The highest BCUT2D eigenvalue weighted by atomic mass is 16.5. The average Bonchev–Trinajstić information content (AvgIpc) is 2.65. The number of methoxy groups -OCH3 is 2. The molecule has 0 radical (unpaired) electrons. The van der Waals surface area contributed by atoms with E-state index in [0.717, 1.165) is 41.9 Å². The van der Waals surface area contributed by atoms with Crippen molar-refractivity contribution >= 4 is 10.9 Å². The zero-order valence-corrected chi connectivity index (χ0v) is 14.1. The summed E-state index contributed by atoms with van der Waals surface area (Å²) in [7, 11) is 3.35. The summed E-state index contributed by atoms with van der Waals surface area (Å²) in [4.78, 5) is 4.47. The largest absolute Gasteiger partial charge is 0.496 e. The highest BCUT2D eigenvalue weighted by molar-refractivity contribution is 5.92. The number of hydrogen-bond acceptors (Lipinski definition) is 4. The van der Waals surface area contributed by atoms with Crippen molar-refractivity contribution in [3.05, 3.63) is 65.9 Å². The molecule has 0 fully saturated rings. The third-order valence-corrected chi connectivity index (χ3v) is 4.09. The standard InChI is InChI=1S/C20H22N2O2/c1-23-17-8-9-18(24-2)20-19(17)16(11-13-22-20)10-12-21-14-15-6-4-3-5-7-15/h3-9,11,13,21H,10,12,14H2,1-2H3. The lowest BCUT2D eigenvalue weighted by Crippen LogP contribution is -2.16. The van der Waals surface area contributed by atoms with Gasteiger partial charge in [-0.2, -0.15) is 0 Å². The van der Waals surface area contributed by atoms with E-state index >= 15 is 0 Å². The van der Waals surface area contributed by atoms with Gasteiger partial charge < -0.3 is 14.8 Å². The Labute approximate surface area is 142 Å². The summed E-state index contributed by atoms with van der Waals surface area (Å²) in [6.45, 7) is 1.75. The first kappa shape index (κ1) is 16.3. The molecule has 0 aliphatic heterocycles. The van der Waals surface area contributed by atoms with E-state index in [0.29, 0.717) is 0 Å². The molecule has 1 aromatic heterocycles. The number of ether oxygens (including phenoxy) is 2. The molecule has 0 unspecified atom stereocenters. The van der Waals surface area contributed by atoms with Crippen LogP contribution in [0, 0.1) is 0 Å². The van der Waals surface area contributed by atoms with Crippen LogP contribution in [-0.2, 0) is 13.0 Å². The van der Waals surface area contributed by atoms with Gasteiger partial charge in [-0.25, -0.2) is 0 Å². The van der Waals surface area contributed by atoms with Crippen molar-refractivity contribution in [1.82, 2.24) is 10.3 Å². The van der Waals surface area contributed by atoms with Crippen LogP contribution in [0.3, 0.4) is 0 Å². The smallest absolute Gasteiger partial charge is 0.145 e. The fourth-order valence-corrected chi connectivity index (χ4v) is 2.87. The molecule has 4 heteroatoms. The van der Waals surface area contributed by atoms with Gasteiger partial charge in [-0.05, 0) is 42.3 Å². The Kier molecular flexibility index (Phi) is 5.29. The van der Waals surface area contributed by atoms with Crippen molar-refractivity contribution in [2.45, 2.75) is 13.0 Å². The van der Waals surface area contributed by atoms with Gasteiger partial charge >= 0.3 is 0 Å². The van der Waals surface area contributed by atoms with Crippen LogP contribution in [0.25, 0.3) is 10.9 Å². The van der Waals surface area contributed by atoms with Crippen LogP contribution in [0.4, 0.5) is 0 Å². The van der Waals surface area contributed by atoms with Gasteiger partial charge in [0.1, 0.15) is 17.0 Å². The molecule has 4 nitrogen and oxygen atoms in total. The van der Waals surface area contributed by atoms with Crippen molar-refractivity contribution in [3.63, 3.8) is 0 Å². The van der Waals surface area contributed by atoms with Crippen molar-refractivity contribution in [3.8, 4) is 11.5 Å². The second kappa shape index (κ2) is 7.79. The molecule has 0 amide bonds. The quantitative estimate of drug-likeness (QED) is 0.675. The molecule has 1 heterocycles. The summed E-state index contributed by atoms with van der Waals surface area (Å²) >= 11 is 0. The minimum absolute atomic E-state index is 0.768. The molecule has 1 N–H and O–H groups in total. The zero-order valence-electron chi connectivity index (χ0n) is 14.1. The summed E-state index contributed by atoms with van der Waals surface area (Å²) in [6.07, 6.45) is 2.73. The lowest BCUT2D eigenvalue weighted by atomic mass is 10.0. The Morgan fingerprint density at radius 3 is 2.42 bits per heavy atom. The molecular formula is C20H22N2O2. The fraction of sp³-hybridized carbons (Fsp3) is 0.250. The Bertz CT molecular complexity index is 803. The highest BCUT2D eigenvalue weighted by Gasteiger charge is 2.12. The number of fused-ring (bicyclic) bond motifs is 1. The molecule has 24 heavy (non-hydrogen) atoms. The molecule has 3 aromatic rings. The third kappa shape index (κ3) is 3.49. The van der Waals surface area contributed by atoms with Crippen LogP contribution in [0.2, 0.25) is 0 Å². The van der Waals surface area contributed by atoms with Gasteiger partial charge in [0, 0.05) is 18.1 Å². The first-order valence-electron chi connectivity index (χ1n) is 8.06. The van der Waals surface area contributed by atoms with Gasteiger partial charge in [-0.1, -0.05) is 30.3 Å². The predicted octanol–water partition coefficient (Wildman–Crippen LogP) is 3.58. The van der Waals surface area contributed by atoms with Crippen LogP contribution < -0.4 is 14.8 Å². The van der Waals surface area contributed by atoms with Crippen LogP contribution in [0.1, 0.15) is 11.1 Å². The highest BCUT2D eigenvalue weighted by Crippen LogP contribution is 2.33. The molecule has 0 atom stereocenters. The van der Waals surface area contributed by atoms with E-state index in [1.54, 1.807) is 14.2 Å². The molecule has 0 saturated carbocycles. The van der Waals surface area contributed by atoms with Crippen molar-refractivity contribution in [2.75, 3.05) is 20.8 Å². The summed E-state index contributed by atoms with van der Waals surface area (Å²) in [6, 6.07) is 16.3. The molecule has 3 rings (SSSR count). The van der Waals surface area contributed by atoms with Crippen LogP contribution in [0.15, 0.2) is 54.7 Å². The number of benzene rings is 2. The number of pyridine rings is 1. The monoisotopic (exact) mass is 322 g/mol.